The summed E-state index contributed by atoms with van der Waals surface area (Å²) in [5, 5.41) is 4.58. The van der Waals surface area contributed by atoms with Crippen LogP contribution in [0.5, 0.6) is 0 Å². The second-order valence-electron chi connectivity index (χ2n) is 4.84. The summed E-state index contributed by atoms with van der Waals surface area (Å²) >= 11 is 0. The van der Waals surface area contributed by atoms with E-state index in [-0.39, 0.29) is 0 Å². The first-order chi connectivity index (χ1) is 8.61. The number of aryl methyl sites for hydroxylation is 3. The van der Waals surface area contributed by atoms with Gasteiger partial charge in [-0.3, -0.25) is 0 Å². The first kappa shape index (κ1) is 12.7. The highest BCUT2D eigenvalue weighted by molar-refractivity contribution is 5.46. The van der Waals surface area contributed by atoms with Gasteiger partial charge in [-0.2, -0.15) is 5.10 Å². The van der Waals surface area contributed by atoms with Crippen molar-refractivity contribution < 1.29 is 0 Å². The minimum absolute atomic E-state index is 0.712. The Labute approximate surface area is 109 Å². The molecule has 0 saturated heterocycles. The first-order valence-electron chi connectivity index (χ1n) is 6.54. The second kappa shape index (κ2) is 5.25. The van der Waals surface area contributed by atoms with E-state index in [4.69, 9.17) is 5.73 Å². The van der Waals surface area contributed by atoms with Gasteiger partial charge >= 0.3 is 0 Å². The number of hydrogen-bond acceptors (Lipinski definition) is 2. The van der Waals surface area contributed by atoms with E-state index >= 15 is 0 Å². The van der Waals surface area contributed by atoms with Crippen LogP contribution in [-0.4, -0.2) is 9.78 Å². The zero-order chi connectivity index (χ0) is 13.1. The van der Waals surface area contributed by atoms with Crippen LogP contribution >= 0.6 is 0 Å². The fraction of sp³-hybridized carbons (Fsp3) is 0.400. The molecular weight excluding hydrogens is 222 g/mol. The molecule has 0 saturated carbocycles. The van der Waals surface area contributed by atoms with Gasteiger partial charge in [-0.1, -0.05) is 19.4 Å². The largest absolute Gasteiger partial charge is 0.384 e. The molecule has 2 N–H and O–H groups in total. The van der Waals surface area contributed by atoms with E-state index in [2.05, 4.69) is 44.1 Å². The monoisotopic (exact) mass is 243 g/mol. The summed E-state index contributed by atoms with van der Waals surface area (Å²) < 4.78 is 1.83. The van der Waals surface area contributed by atoms with Crippen molar-refractivity contribution in [2.75, 3.05) is 5.73 Å². The molecule has 1 aromatic heterocycles. The van der Waals surface area contributed by atoms with E-state index in [9.17, 15) is 0 Å². The highest BCUT2D eigenvalue weighted by Crippen LogP contribution is 2.18. The Hall–Kier alpha value is -1.77. The summed E-state index contributed by atoms with van der Waals surface area (Å²) in [6, 6.07) is 8.28. The third kappa shape index (κ3) is 2.55. The van der Waals surface area contributed by atoms with Crippen molar-refractivity contribution in [1.82, 2.24) is 9.78 Å². The van der Waals surface area contributed by atoms with Gasteiger partial charge in [-0.15, -0.1) is 0 Å². The van der Waals surface area contributed by atoms with Gasteiger partial charge in [-0.25, -0.2) is 4.68 Å². The van der Waals surface area contributed by atoms with E-state index in [1.807, 2.05) is 10.7 Å². The van der Waals surface area contributed by atoms with Gasteiger partial charge in [0.15, 0.2) is 0 Å². The maximum absolute atomic E-state index is 6.03. The Balaban J connectivity index is 2.32. The zero-order valence-corrected chi connectivity index (χ0v) is 11.4. The SMILES string of the molecule is CCCCc1cc(N)n(-c2ccc(C)c(C)c2)n1. The molecule has 1 heterocycles. The lowest BCUT2D eigenvalue weighted by Crippen LogP contribution is -2.02. The van der Waals surface area contributed by atoms with Crippen molar-refractivity contribution in [2.45, 2.75) is 40.0 Å². The molecule has 0 radical (unpaired) electrons. The van der Waals surface area contributed by atoms with E-state index in [0.29, 0.717) is 5.82 Å². The van der Waals surface area contributed by atoms with Gasteiger partial charge in [0.05, 0.1) is 11.4 Å². The highest BCUT2D eigenvalue weighted by atomic mass is 15.3. The van der Waals surface area contributed by atoms with Crippen molar-refractivity contribution >= 4 is 5.82 Å². The van der Waals surface area contributed by atoms with Gasteiger partial charge in [0.2, 0.25) is 0 Å². The maximum atomic E-state index is 6.03. The predicted molar refractivity (Wildman–Crippen MR) is 76.1 cm³/mol. The molecule has 3 nitrogen and oxygen atoms in total. The molecule has 2 aromatic rings. The number of anilines is 1. The van der Waals surface area contributed by atoms with Crippen LogP contribution in [0.2, 0.25) is 0 Å². The van der Waals surface area contributed by atoms with Gasteiger partial charge in [0, 0.05) is 6.07 Å². The smallest absolute Gasteiger partial charge is 0.127 e. The van der Waals surface area contributed by atoms with Crippen LogP contribution in [0, 0.1) is 13.8 Å². The van der Waals surface area contributed by atoms with Crippen molar-refractivity contribution in [2.24, 2.45) is 0 Å². The minimum atomic E-state index is 0.712. The highest BCUT2D eigenvalue weighted by Gasteiger charge is 2.07. The molecule has 3 heteroatoms. The van der Waals surface area contributed by atoms with E-state index in [0.717, 1.165) is 24.2 Å². The Morgan fingerprint density at radius 2 is 1.94 bits per heavy atom. The molecule has 0 aliphatic heterocycles. The lowest BCUT2D eigenvalue weighted by Gasteiger charge is -2.06. The third-order valence-corrected chi connectivity index (χ3v) is 3.31. The van der Waals surface area contributed by atoms with Crippen LogP contribution < -0.4 is 5.73 Å². The molecule has 1 aromatic carbocycles. The first-order valence-corrected chi connectivity index (χ1v) is 6.54. The average Bonchev–Trinajstić information content (AvgIpc) is 2.71. The van der Waals surface area contributed by atoms with Crippen LogP contribution in [0.15, 0.2) is 24.3 Å². The van der Waals surface area contributed by atoms with Gasteiger partial charge < -0.3 is 5.73 Å². The maximum Gasteiger partial charge on any atom is 0.127 e. The number of nitrogens with zero attached hydrogens (tertiary/aromatic N) is 2. The van der Waals surface area contributed by atoms with Crippen molar-refractivity contribution in [3.63, 3.8) is 0 Å². The van der Waals surface area contributed by atoms with Gasteiger partial charge in [0.25, 0.3) is 0 Å². The Morgan fingerprint density at radius 1 is 1.17 bits per heavy atom. The number of rotatable bonds is 4. The van der Waals surface area contributed by atoms with Gasteiger partial charge in [0.1, 0.15) is 5.82 Å². The molecule has 0 atom stereocenters. The summed E-state index contributed by atoms with van der Waals surface area (Å²) in [4.78, 5) is 0. The molecule has 0 spiro atoms. The van der Waals surface area contributed by atoms with Crippen molar-refractivity contribution in [1.29, 1.82) is 0 Å². The van der Waals surface area contributed by atoms with Gasteiger partial charge in [-0.05, 0) is 49.9 Å². The minimum Gasteiger partial charge on any atom is -0.384 e. The molecule has 0 bridgehead atoms. The van der Waals surface area contributed by atoms with Crippen molar-refractivity contribution in [3.8, 4) is 5.69 Å². The fourth-order valence-corrected chi connectivity index (χ4v) is 1.99. The third-order valence-electron chi connectivity index (χ3n) is 3.31. The zero-order valence-electron chi connectivity index (χ0n) is 11.4. The summed E-state index contributed by atoms with van der Waals surface area (Å²) in [7, 11) is 0. The second-order valence-corrected chi connectivity index (χ2v) is 4.84. The predicted octanol–water partition coefficient (Wildman–Crippen LogP) is 3.41. The average molecular weight is 243 g/mol. The molecule has 0 fully saturated rings. The van der Waals surface area contributed by atoms with Crippen LogP contribution in [0.25, 0.3) is 5.69 Å². The summed E-state index contributed by atoms with van der Waals surface area (Å²) in [6.45, 7) is 6.40. The normalized spacial score (nSPS) is 10.8. The van der Waals surface area contributed by atoms with E-state index in [1.165, 1.54) is 17.5 Å². The summed E-state index contributed by atoms with van der Waals surface area (Å²) in [6.07, 6.45) is 3.33. The number of unbranched alkanes of at least 4 members (excludes halogenated alkanes) is 1. The Bertz CT molecular complexity index is 541. The Morgan fingerprint density at radius 3 is 2.61 bits per heavy atom. The van der Waals surface area contributed by atoms with Crippen LogP contribution in [0.3, 0.4) is 0 Å². The number of hydrogen-bond donors (Lipinski definition) is 1. The number of nitrogen functional groups attached to an aromatic ring is 1. The molecular formula is C15H21N3. The topological polar surface area (TPSA) is 43.8 Å². The van der Waals surface area contributed by atoms with E-state index in [1.54, 1.807) is 0 Å². The van der Waals surface area contributed by atoms with Crippen LogP contribution in [0.1, 0.15) is 36.6 Å². The fourth-order valence-electron chi connectivity index (χ4n) is 1.99. The quantitative estimate of drug-likeness (QED) is 0.894. The standard InChI is InChI=1S/C15H21N3/c1-4-5-6-13-10-15(16)18(17-13)14-8-7-11(2)12(3)9-14/h7-10H,4-6,16H2,1-3H3. The molecule has 0 amide bonds. The molecule has 18 heavy (non-hydrogen) atoms. The van der Waals surface area contributed by atoms with Crippen LogP contribution in [0.4, 0.5) is 5.82 Å². The summed E-state index contributed by atoms with van der Waals surface area (Å²) in [5.41, 5.74) is 10.7. The van der Waals surface area contributed by atoms with Crippen molar-refractivity contribution in [3.05, 3.63) is 41.1 Å². The molecule has 0 aliphatic rings. The van der Waals surface area contributed by atoms with Crippen LogP contribution in [-0.2, 0) is 6.42 Å². The molecule has 96 valence electrons. The molecule has 2 rings (SSSR count). The van der Waals surface area contributed by atoms with E-state index < -0.39 is 0 Å². The Kier molecular flexibility index (Phi) is 3.70. The number of benzene rings is 1. The molecule has 0 aliphatic carbocycles. The number of aromatic nitrogens is 2. The number of nitrogens with two attached hydrogens (primary N) is 1. The lowest BCUT2D eigenvalue weighted by molar-refractivity contribution is 0.753. The molecule has 0 unspecified atom stereocenters. The summed E-state index contributed by atoms with van der Waals surface area (Å²) in [5.74, 6) is 0.712. The lowest BCUT2D eigenvalue weighted by atomic mass is 10.1.